The van der Waals surface area contributed by atoms with Gasteiger partial charge in [-0.2, -0.15) is 8.78 Å². The van der Waals surface area contributed by atoms with Gasteiger partial charge in [0, 0.05) is 17.4 Å². The average Bonchev–Trinajstić information content (AvgIpc) is 2.56. The number of carbonyl (C=O) groups is 1. The summed E-state index contributed by atoms with van der Waals surface area (Å²) in [5.74, 6) is -0.216. The van der Waals surface area contributed by atoms with Crippen molar-refractivity contribution in [3.63, 3.8) is 0 Å². The molecule has 27 heavy (non-hydrogen) atoms. The lowest BCUT2D eigenvalue weighted by Crippen LogP contribution is -2.23. The number of ether oxygens (including phenoxy) is 3. The molecule has 0 aliphatic carbocycles. The van der Waals surface area contributed by atoms with Crippen molar-refractivity contribution in [2.75, 3.05) is 11.9 Å². The maximum Gasteiger partial charge on any atom is 0.387 e. The van der Waals surface area contributed by atoms with E-state index in [4.69, 9.17) is 9.47 Å². The summed E-state index contributed by atoms with van der Waals surface area (Å²) in [5, 5.41) is 3.12. The molecule has 0 bridgehead atoms. The molecule has 146 valence electrons. The van der Waals surface area contributed by atoms with Crippen LogP contribution in [0.4, 0.5) is 20.2 Å². The Morgan fingerprint density at radius 1 is 1.04 bits per heavy atom. The molecule has 0 fully saturated rings. The van der Waals surface area contributed by atoms with Gasteiger partial charge in [-0.1, -0.05) is 0 Å². The molecule has 0 radical (unpaired) electrons. The molecule has 0 spiro atoms. The Balaban J connectivity index is 2.12. The number of hydrogen-bond acceptors (Lipinski definition) is 5. The van der Waals surface area contributed by atoms with Gasteiger partial charge in [-0.15, -0.1) is 0 Å². The summed E-state index contributed by atoms with van der Waals surface area (Å²) in [5.41, 5.74) is 1.22. The first-order valence-corrected chi connectivity index (χ1v) is 8.50. The van der Waals surface area contributed by atoms with Crippen molar-refractivity contribution in [3.05, 3.63) is 48.0 Å². The quantitative estimate of drug-likeness (QED) is 0.654. The number of rotatable bonds is 7. The van der Waals surface area contributed by atoms with Crippen molar-refractivity contribution >= 4 is 17.3 Å². The zero-order valence-electron chi connectivity index (χ0n) is 15.7. The number of carbonyl (C=O) groups excluding carboxylic acids is 1. The molecule has 0 saturated carbocycles. The predicted molar refractivity (Wildman–Crippen MR) is 99.1 cm³/mol. The third-order valence-corrected chi connectivity index (χ3v) is 3.27. The van der Waals surface area contributed by atoms with Crippen LogP contribution in [0.15, 0.2) is 42.5 Å². The van der Waals surface area contributed by atoms with Crippen molar-refractivity contribution in [3.8, 4) is 11.5 Å². The summed E-state index contributed by atoms with van der Waals surface area (Å²) in [6, 6.07) is 11.3. The van der Waals surface area contributed by atoms with Gasteiger partial charge in [0.15, 0.2) is 11.5 Å². The van der Waals surface area contributed by atoms with E-state index in [1.165, 1.54) is 6.07 Å². The first kappa shape index (κ1) is 20.5. The third kappa shape index (κ3) is 6.44. The van der Waals surface area contributed by atoms with E-state index >= 15 is 0 Å². The standard InChI is InChI=1S/C20H23F2NO4/c1-5-25-17-12-15(10-11-16(17)26-19(21)22)23-14-8-6-13(7-9-14)18(24)27-20(2,3)4/h6-12,19,23H,5H2,1-4H3. The molecule has 2 aromatic rings. The second kappa shape index (κ2) is 8.70. The van der Waals surface area contributed by atoms with E-state index in [9.17, 15) is 13.6 Å². The van der Waals surface area contributed by atoms with Gasteiger partial charge in [0.25, 0.3) is 0 Å². The topological polar surface area (TPSA) is 56.8 Å². The van der Waals surface area contributed by atoms with E-state index in [1.54, 1.807) is 64.1 Å². The minimum absolute atomic E-state index is 0.0299. The van der Waals surface area contributed by atoms with Crippen molar-refractivity contribution in [1.29, 1.82) is 0 Å². The number of esters is 1. The second-order valence-electron chi connectivity index (χ2n) is 6.68. The van der Waals surface area contributed by atoms with E-state index in [-0.39, 0.29) is 11.5 Å². The largest absolute Gasteiger partial charge is 0.490 e. The Bertz CT molecular complexity index is 771. The molecule has 0 aliphatic heterocycles. The monoisotopic (exact) mass is 379 g/mol. The maximum atomic E-state index is 12.5. The van der Waals surface area contributed by atoms with Gasteiger partial charge in [0.05, 0.1) is 12.2 Å². The fourth-order valence-electron chi connectivity index (χ4n) is 2.24. The summed E-state index contributed by atoms with van der Waals surface area (Å²) in [7, 11) is 0. The third-order valence-electron chi connectivity index (χ3n) is 3.27. The van der Waals surface area contributed by atoms with E-state index in [2.05, 4.69) is 10.1 Å². The van der Waals surface area contributed by atoms with E-state index in [0.29, 0.717) is 23.5 Å². The minimum Gasteiger partial charge on any atom is -0.490 e. The molecule has 0 saturated heterocycles. The van der Waals surface area contributed by atoms with Gasteiger partial charge < -0.3 is 19.5 Å². The Morgan fingerprint density at radius 3 is 2.22 bits per heavy atom. The molecule has 0 amide bonds. The van der Waals surface area contributed by atoms with Crippen LogP contribution in [0, 0.1) is 0 Å². The SMILES string of the molecule is CCOc1cc(Nc2ccc(C(=O)OC(C)(C)C)cc2)ccc1OC(F)F. The molecular weight excluding hydrogens is 356 g/mol. The summed E-state index contributed by atoms with van der Waals surface area (Å²) in [6.45, 7) is 4.55. The van der Waals surface area contributed by atoms with Crippen LogP contribution in [0.3, 0.4) is 0 Å². The zero-order chi connectivity index (χ0) is 20.0. The molecular formula is C20H23F2NO4. The summed E-state index contributed by atoms with van der Waals surface area (Å²) in [4.78, 5) is 12.0. The van der Waals surface area contributed by atoms with E-state index < -0.39 is 18.2 Å². The fraction of sp³-hybridized carbons (Fsp3) is 0.350. The van der Waals surface area contributed by atoms with Crippen LogP contribution in [0.1, 0.15) is 38.1 Å². The highest BCUT2D eigenvalue weighted by atomic mass is 19.3. The van der Waals surface area contributed by atoms with Crippen LogP contribution in [0.2, 0.25) is 0 Å². The van der Waals surface area contributed by atoms with Crippen LogP contribution in [-0.2, 0) is 4.74 Å². The number of halogens is 2. The molecule has 1 N–H and O–H groups in total. The lowest BCUT2D eigenvalue weighted by Gasteiger charge is -2.19. The number of anilines is 2. The Labute approximate surface area is 157 Å². The smallest absolute Gasteiger partial charge is 0.387 e. The maximum absolute atomic E-state index is 12.5. The van der Waals surface area contributed by atoms with E-state index in [1.807, 2.05) is 0 Å². The highest BCUT2D eigenvalue weighted by Crippen LogP contribution is 2.33. The highest BCUT2D eigenvalue weighted by Gasteiger charge is 2.17. The first-order chi connectivity index (χ1) is 12.7. The van der Waals surface area contributed by atoms with Crippen molar-refractivity contribution in [2.45, 2.75) is 39.9 Å². The van der Waals surface area contributed by atoms with Crippen molar-refractivity contribution in [1.82, 2.24) is 0 Å². The van der Waals surface area contributed by atoms with Gasteiger partial charge in [-0.25, -0.2) is 4.79 Å². The van der Waals surface area contributed by atoms with Gasteiger partial charge in [0.2, 0.25) is 0 Å². The highest BCUT2D eigenvalue weighted by molar-refractivity contribution is 5.90. The van der Waals surface area contributed by atoms with Crippen LogP contribution in [0.5, 0.6) is 11.5 Å². The number of benzene rings is 2. The van der Waals surface area contributed by atoms with Crippen molar-refractivity contribution in [2.24, 2.45) is 0 Å². The molecule has 2 aromatic carbocycles. The molecule has 0 aromatic heterocycles. The zero-order valence-corrected chi connectivity index (χ0v) is 15.7. The molecule has 0 heterocycles. The van der Waals surface area contributed by atoms with Crippen LogP contribution in [-0.4, -0.2) is 24.8 Å². The molecule has 5 nitrogen and oxygen atoms in total. The lowest BCUT2D eigenvalue weighted by atomic mass is 10.1. The molecule has 0 atom stereocenters. The Morgan fingerprint density at radius 2 is 1.67 bits per heavy atom. The number of nitrogens with one attached hydrogen (secondary N) is 1. The summed E-state index contributed by atoms with van der Waals surface area (Å²) < 4.78 is 40.0. The Kier molecular flexibility index (Phi) is 6.60. The molecule has 7 heteroatoms. The van der Waals surface area contributed by atoms with E-state index in [0.717, 1.165) is 0 Å². The van der Waals surface area contributed by atoms with Gasteiger partial charge in [-0.3, -0.25) is 0 Å². The van der Waals surface area contributed by atoms with Gasteiger partial charge >= 0.3 is 12.6 Å². The predicted octanol–water partition coefficient (Wildman–Crippen LogP) is 5.39. The molecule has 0 aliphatic rings. The Hall–Kier alpha value is -2.83. The summed E-state index contributed by atoms with van der Waals surface area (Å²) in [6.07, 6.45) is 0. The fourth-order valence-corrected chi connectivity index (χ4v) is 2.24. The second-order valence-corrected chi connectivity index (χ2v) is 6.68. The molecule has 0 unspecified atom stereocenters. The van der Waals surface area contributed by atoms with Crippen LogP contribution in [0.25, 0.3) is 0 Å². The van der Waals surface area contributed by atoms with Crippen LogP contribution < -0.4 is 14.8 Å². The van der Waals surface area contributed by atoms with Crippen LogP contribution >= 0.6 is 0 Å². The first-order valence-electron chi connectivity index (χ1n) is 8.50. The lowest BCUT2D eigenvalue weighted by molar-refractivity contribution is -0.0514. The normalized spacial score (nSPS) is 11.2. The van der Waals surface area contributed by atoms with Crippen molar-refractivity contribution < 1.29 is 27.8 Å². The molecule has 2 rings (SSSR count). The minimum atomic E-state index is -2.93. The number of hydrogen-bond donors (Lipinski definition) is 1. The summed E-state index contributed by atoms with van der Waals surface area (Å²) >= 11 is 0. The average molecular weight is 379 g/mol. The number of alkyl halides is 2. The van der Waals surface area contributed by atoms with Gasteiger partial charge in [0.1, 0.15) is 5.60 Å². The van der Waals surface area contributed by atoms with Gasteiger partial charge in [-0.05, 0) is 64.1 Å².